The molecule has 8 bridgehead atoms. The third kappa shape index (κ3) is 8.43. The summed E-state index contributed by atoms with van der Waals surface area (Å²) in [6.45, 7) is 13.1. The Morgan fingerprint density at radius 1 is 0.717 bits per heavy atom. The van der Waals surface area contributed by atoms with Crippen molar-refractivity contribution in [1.82, 2.24) is 31.2 Å². The number of fused-ring (bicyclic) bond motifs is 6. The van der Waals surface area contributed by atoms with E-state index in [-0.39, 0.29) is 46.8 Å². The first-order valence-electron chi connectivity index (χ1n) is 18.0. The van der Waals surface area contributed by atoms with Gasteiger partial charge in [0, 0.05) is 10.8 Å². The van der Waals surface area contributed by atoms with E-state index in [4.69, 9.17) is 19.5 Å². The van der Waals surface area contributed by atoms with Gasteiger partial charge in [-0.05, 0) is 44.6 Å². The molecule has 16 heteroatoms. The zero-order chi connectivity index (χ0) is 38.0. The van der Waals surface area contributed by atoms with Crippen LogP contribution >= 0.6 is 22.7 Å². The first-order chi connectivity index (χ1) is 25.3. The zero-order valence-electron chi connectivity index (χ0n) is 30.8. The maximum absolute atomic E-state index is 14.0. The number of ether oxygens (including phenoxy) is 2. The van der Waals surface area contributed by atoms with Crippen LogP contribution in [0.5, 0.6) is 0 Å². The van der Waals surface area contributed by atoms with Gasteiger partial charge in [0.25, 0.3) is 11.8 Å². The molecule has 2 aromatic heterocycles. The number of thiazole rings is 2. The fraction of sp³-hybridized carbons (Fsp3) is 0.514. The molecule has 9 atom stereocenters. The van der Waals surface area contributed by atoms with Crippen LogP contribution in [0.25, 0.3) is 0 Å². The van der Waals surface area contributed by atoms with Crippen molar-refractivity contribution in [2.24, 2.45) is 21.8 Å². The lowest BCUT2D eigenvalue weighted by atomic mass is 9.98. The van der Waals surface area contributed by atoms with Gasteiger partial charge in [-0.3, -0.25) is 19.2 Å². The fourth-order valence-electron chi connectivity index (χ4n) is 6.34. The van der Waals surface area contributed by atoms with Crippen LogP contribution in [0.4, 0.5) is 0 Å². The van der Waals surface area contributed by atoms with E-state index in [0.717, 1.165) is 5.56 Å². The van der Waals surface area contributed by atoms with Crippen molar-refractivity contribution >= 4 is 58.1 Å². The van der Waals surface area contributed by atoms with Gasteiger partial charge in [0.05, 0.1) is 12.1 Å². The lowest BCUT2D eigenvalue weighted by Gasteiger charge is -2.24. The number of hydrogen-bond acceptors (Lipinski definition) is 12. The van der Waals surface area contributed by atoms with Crippen molar-refractivity contribution in [2.75, 3.05) is 0 Å². The molecule has 0 fully saturated rings. The van der Waals surface area contributed by atoms with Crippen LogP contribution < -0.4 is 21.3 Å². The maximum Gasteiger partial charge on any atom is 0.271 e. The summed E-state index contributed by atoms with van der Waals surface area (Å²) < 4.78 is 12.2. The smallest absolute Gasteiger partial charge is 0.271 e. The summed E-state index contributed by atoms with van der Waals surface area (Å²) in [7, 11) is 0. The van der Waals surface area contributed by atoms with Crippen molar-refractivity contribution in [3.63, 3.8) is 0 Å². The first kappa shape index (κ1) is 38.0. The van der Waals surface area contributed by atoms with E-state index in [2.05, 4.69) is 31.2 Å². The molecular formula is C37H46N8O6S2. The predicted molar refractivity (Wildman–Crippen MR) is 202 cm³/mol. The average Bonchev–Trinajstić information content (AvgIpc) is 3.95. The Morgan fingerprint density at radius 3 is 1.83 bits per heavy atom. The molecule has 53 heavy (non-hydrogen) atoms. The van der Waals surface area contributed by atoms with Crippen molar-refractivity contribution in [1.29, 1.82) is 0 Å². The summed E-state index contributed by atoms with van der Waals surface area (Å²) >= 11 is 2.52. The van der Waals surface area contributed by atoms with E-state index in [1.807, 2.05) is 58.0 Å². The number of carbonyl (C=O) groups is 4. The lowest BCUT2D eigenvalue weighted by molar-refractivity contribution is -0.125. The number of amides is 4. The van der Waals surface area contributed by atoms with Crippen molar-refractivity contribution in [3.8, 4) is 0 Å². The van der Waals surface area contributed by atoms with E-state index < -0.39 is 60.3 Å². The predicted octanol–water partition coefficient (Wildman–Crippen LogP) is 4.16. The Labute approximate surface area is 316 Å². The van der Waals surface area contributed by atoms with Crippen molar-refractivity contribution in [3.05, 3.63) is 68.1 Å². The van der Waals surface area contributed by atoms with E-state index >= 15 is 0 Å². The Hall–Kier alpha value is -4.70. The number of nitrogens with one attached hydrogen (secondary N) is 4. The Balaban J connectivity index is 1.37. The van der Waals surface area contributed by atoms with Crippen molar-refractivity contribution < 1.29 is 28.7 Å². The molecule has 3 aromatic rings. The number of benzene rings is 1. The SMILES string of the molecule is CCC(C)[C@@H]1NC(=O)c2csc(n2)[C@@H](C)NC(=O)C2N=C(O[C@@H]2C)[C@H](C(C)C)NC(=O)c2csc(n2)[C@@H](Cc2ccccc2)NC(=O)[C@H]2N=C1O[C@@H]2C. The molecule has 0 saturated heterocycles. The van der Waals surface area contributed by atoms with Gasteiger partial charge in [-0.15, -0.1) is 22.7 Å². The van der Waals surface area contributed by atoms with E-state index in [1.54, 1.807) is 31.5 Å². The number of aromatic nitrogens is 2. The minimum absolute atomic E-state index is 0.0799. The second-order valence-corrected chi connectivity index (χ2v) is 15.9. The van der Waals surface area contributed by atoms with Crippen LogP contribution in [0.3, 0.4) is 0 Å². The van der Waals surface area contributed by atoms with Gasteiger partial charge in [-0.25, -0.2) is 20.0 Å². The van der Waals surface area contributed by atoms with E-state index in [1.165, 1.54) is 22.7 Å². The first-order valence-corrected chi connectivity index (χ1v) is 19.7. The standard InChI is InChI=1S/C37H46N8O6S2/c1-8-18(4)27-35-45-29(21(7)51-35)33(49)39-23(14-22-12-10-9-11-13-22)37-41-25(16-53-37)30(46)42-26(17(2)3)34-44-28(20(6)50-34)32(48)38-19(5)36-40-24(15-52-36)31(47)43-27/h9-13,15-21,23,26-29H,8,14H2,1-7H3,(H,38,48)(H,39,49)(H,42,46)(H,43,47)/t18?,19-,20-,21-,23-,26+,27+,28?,29+/m1/s1. The minimum atomic E-state index is -0.888. The highest BCUT2D eigenvalue weighted by atomic mass is 32.1. The molecule has 0 aliphatic carbocycles. The molecule has 2 unspecified atom stereocenters. The fourth-order valence-corrected chi connectivity index (χ4v) is 8.00. The van der Waals surface area contributed by atoms with E-state index in [9.17, 15) is 19.2 Å². The summed E-state index contributed by atoms with van der Waals surface area (Å²) in [5.41, 5.74) is 1.34. The Bertz CT molecular complexity index is 1890. The van der Waals surface area contributed by atoms with Gasteiger partial charge in [0.2, 0.25) is 23.6 Å². The normalized spacial score (nSPS) is 28.7. The molecule has 4 amide bonds. The quantitative estimate of drug-likeness (QED) is 0.299. The highest BCUT2D eigenvalue weighted by molar-refractivity contribution is 7.10. The molecule has 0 spiro atoms. The molecular weight excluding hydrogens is 717 g/mol. The molecule has 6 rings (SSSR count). The molecule has 0 radical (unpaired) electrons. The highest BCUT2D eigenvalue weighted by Crippen LogP contribution is 2.27. The monoisotopic (exact) mass is 762 g/mol. The summed E-state index contributed by atoms with van der Waals surface area (Å²) in [5.74, 6) is -1.27. The Morgan fingerprint density at radius 2 is 1.25 bits per heavy atom. The van der Waals surface area contributed by atoms with Crippen LogP contribution in [-0.4, -0.2) is 81.8 Å². The highest BCUT2D eigenvalue weighted by Gasteiger charge is 2.41. The maximum atomic E-state index is 14.0. The van der Waals surface area contributed by atoms with Gasteiger partial charge in [0.1, 0.15) is 45.7 Å². The van der Waals surface area contributed by atoms with Gasteiger partial charge in [0.15, 0.2) is 12.1 Å². The van der Waals surface area contributed by atoms with Crippen LogP contribution in [0.1, 0.15) is 104 Å². The second kappa shape index (κ2) is 16.1. The van der Waals surface area contributed by atoms with Gasteiger partial charge >= 0.3 is 0 Å². The summed E-state index contributed by atoms with van der Waals surface area (Å²) in [5, 5.41) is 16.5. The van der Waals surface area contributed by atoms with Crippen LogP contribution in [0, 0.1) is 11.8 Å². The van der Waals surface area contributed by atoms with E-state index in [0.29, 0.717) is 22.9 Å². The summed E-state index contributed by atoms with van der Waals surface area (Å²) in [4.78, 5) is 73.3. The third-order valence-corrected chi connectivity index (χ3v) is 11.7. The average molecular weight is 763 g/mol. The molecule has 1 aromatic carbocycles. The zero-order valence-corrected chi connectivity index (χ0v) is 32.4. The lowest BCUT2D eigenvalue weighted by Crippen LogP contribution is -2.45. The van der Waals surface area contributed by atoms with Crippen molar-refractivity contribution in [2.45, 2.75) is 110 Å². The van der Waals surface area contributed by atoms with Crippen LogP contribution in [0.2, 0.25) is 0 Å². The Kier molecular flexibility index (Phi) is 11.6. The van der Waals surface area contributed by atoms with Gasteiger partial charge in [-0.2, -0.15) is 0 Å². The van der Waals surface area contributed by atoms with Gasteiger partial charge < -0.3 is 30.7 Å². The number of hydrogen-bond donors (Lipinski definition) is 4. The van der Waals surface area contributed by atoms with Gasteiger partial charge in [-0.1, -0.05) is 64.4 Å². The second-order valence-electron chi connectivity index (χ2n) is 14.1. The minimum Gasteiger partial charge on any atom is -0.474 e. The largest absolute Gasteiger partial charge is 0.474 e. The molecule has 14 nitrogen and oxygen atoms in total. The van der Waals surface area contributed by atoms with Crippen LogP contribution in [-0.2, 0) is 25.5 Å². The van der Waals surface area contributed by atoms with Crippen LogP contribution in [0.15, 0.2) is 51.1 Å². The molecule has 5 heterocycles. The molecule has 3 aliphatic heterocycles. The third-order valence-electron chi connectivity index (χ3n) is 9.69. The molecule has 4 N–H and O–H groups in total. The number of carbonyl (C=O) groups excluding carboxylic acids is 4. The topological polar surface area (TPSA) is 185 Å². The number of aliphatic imine (C=N–C) groups is 2. The number of rotatable bonds is 5. The molecule has 0 saturated carbocycles. The summed E-state index contributed by atoms with van der Waals surface area (Å²) in [6, 6.07) is 5.59. The molecule has 282 valence electrons. The molecule has 3 aliphatic rings. The number of nitrogens with zero attached hydrogens (tertiary/aromatic N) is 4. The summed E-state index contributed by atoms with van der Waals surface area (Å²) in [6.07, 6.45) is -0.0741.